The fraction of sp³-hybridized carbons (Fsp3) is 0.667. The summed E-state index contributed by atoms with van der Waals surface area (Å²) in [5, 5.41) is 13.2. The van der Waals surface area contributed by atoms with Gasteiger partial charge in [-0.3, -0.25) is 14.4 Å². The molecule has 0 radical (unpaired) electrons. The molecule has 0 aromatic rings. The highest BCUT2D eigenvalue weighted by molar-refractivity contribution is 5.93. The molecule has 0 atom stereocenters. The number of hydrogen-bond acceptors (Lipinski definition) is 3. The topological polar surface area (TPSA) is 95.5 Å². The van der Waals surface area contributed by atoms with Gasteiger partial charge in [-0.2, -0.15) is 0 Å². The van der Waals surface area contributed by atoms with Gasteiger partial charge in [-0.25, -0.2) is 0 Å². The molecule has 0 aliphatic carbocycles. The Labute approximate surface area is 88.0 Å². The van der Waals surface area contributed by atoms with Crippen LogP contribution in [0.3, 0.4) is 0 Å². The molecule has 0 saturated heterocycles. The normalized spacial score (nSPS) is 10.6. The van der Waals surface area contributed by atoms with E-state index < -0.39 is 23.7 Å². The first kappa shape index (κ1) is 13.4. The van der Waals surface area contributed by atoms with Gasteiger partial charge in [-0.1, -0.05) is 0 Å². The number of aliphatic carboxylic acids is 1. The molecular weight excluding hydrogens is 200 g/mol. The predicted molar refractivity (Wildman–Crippen MR) is 53.1 cm³/mol. The molecule has 0 fully saturated rings. The van der Waals surface area contributed by atoms with E-state index in [0.29, 0.717) is 0 Å². The van der Waals surface area contributed by atoms with Gasteiger partial charge in [0.05, 0.1) is 5.41 Å². The number of nitrogens with one attached hydrogen (secondary N) is 2. The SMILES string of the molecule is CNC(=O)C(C)(C)CNC(=O)CC(=O)O. The largest absolute Gasteiger partial charge is 0.481 e. The van der Waals surface area contributed by atoms with Gasteiger partial charge in [-0.05, 0) is 13.8 Å². The lowest BCUT2D eigenvalue weighted by atomic mass is 9.92. The van der Waals surface area contributed by atoms with E-state index in [1.54, 1.807) is 13.8 Å². The van der Waals surface area contributed by atoms with E-state index in [-0.39, 0.29) is 12.5 Å². The molecule has 0 saturated carbocycles. The Kier molecular flexibility index (Phi) is 4.77. The maximum absolute atomic E-state index is 11.3. The lowest BCUT2D eigenvalue weighted by molar-refractivity contribution is -0.140. The number of carboxylic acids is 1. The Morgan fingerprint density at radius 2 is 1.80 bits per heavy atom. The number of carbonyl (C=O) groups excluding carboxylic acids is 2. The van der Waals surface area contributed by atoms with Crippen molar-refractivity contribution < 1.29 is 19.5 Å². The minimum absolute atomic E-state index is 0.110. The molecule has 0 spiro atoms. The van der Waals surface area contributed by atoms with Crippen LogP contribution in [0.2, 0.25) is 0 Å². The third kappa shape index (κ3) is 4.99. The summed E-state index contributed by atoms with van der Waals surface area (Å²) in [6.45, 7) is 3.43. The molecule has 6 nitrogen and oxygen atoms in total. The minimum Gasteiger partial charge on any atom is -0.481 e. The Balaban J connectivity index is 4.09. The van der Waals surface area contributed by atoms with Gasteiger partial charge in [0.25, 0.3) is 0 Å². The first-order chi connectivity index (χ1) is 6.79. The lowest BCUT2D eigenvalue weighted by Gasteiger charge is -2.22. The van der Waals surface area contributed by atoms with Crippen LogP contribution in [-0.2, 0) is 14.4 Å². The molecule has 0 bridgehead atoms. The Morgan fingerprint density at radius 1 is 1.27 bits per heavy atom. The van der Waals surface area contributed by atoms with Crippen LogP contribution in [0.1, 0.15) is 20.3 Å². The van der Waals surface area contributed by atoms with Crippen molar-refractivity contribution in [2.75, 3.05) is 13.6 Å². The van der Waals surface area contributed by atoms with Crippen LogP contribution >= 0.6 is 0 Å². The molecular formula is C9H16N2O4. The van der Waals surface area contributed by atoms with Crippen molar-refractivity contribution in [1.29, 1.82) is 0 Å². The van der Waals surface area contributed by atoms with Crippen LogP contribution in [0.25, 0.3) is 0 Å². The monoisotopic (exact) mass is 216 g/mol. The lowest BCUT2D eigenvalue weighted by Crippen LogP contribution is -2.44. The Morgan fingerprint density at radius 3 is 2.20 bits per heavy atom. The summed E-state index contributed by atoms with van der Waals surface area (Å²) < 4.78 is 0. The van der Waals surface area contributed by atoms with Crippen LogP contribution in [0, 0.1) is 5.41 Å². The maximum atomic E-state index is 11.3. The summed E-state index contributed by atoms with van der Waals surface area (Å²) in [6, 6.07) is 0. The molecule has 0 unspecified atom stereocenters. The molecule has 3 N–H and O–H groups in total. The molecule has 15 heavy (non-hydrogen) atoms. The number of carbonyl (C=O) groups is 3. The third-order valence-electron chi connectivity index (χ3n) is 1.88. The highest BCUT2D eigenvalue weighted by Crippen LogP contribution is 2.12. The van der Waals surface area contributed by atoms with Crippen molar-refractivity contribution in [3.8, 4) is 0 Å². The highest BCUT2D eigenvalue weighted by Gasteiger charge is 2.27. The van der Waals surface area contributed by atoms with Gasteiger partial charge in [0.15, 0.2) is 0 Å². The van der Waals surface area contributed by atoms with Crippen molar-refractivity contribution in [3.05, 3.63) is 0 Å². The van der Waals surface area contributed by atoms with Gasteiger partial charge in [0.1, 0.15) is 6.42 Å². The maximum Gasteiger partial charge on any atom is 0.312 e. The molecule has 0 aromatic heterocycles. The zero-order chi connectivity index (χ0) is 12.1. The van der Waals surface area contributed by atoms with Gasteiger partial charge in [0, 0.05) is 13.6 Å². The van der Waals surface area contributed by atoms with Crippen molar-refractivity contribution in [2.24, 2.45) is 5.41 Å². The van der Waals surface area contributed by atoms with E-state index in [4.69, 9.17) is 5.11 Å². The smallest absolute Gasteiger partial charge is 0.312 e. The van der Waals surface area contributed by atoms with Gasteiger partial charge in [-0.15, -0.1) is 0 Å². The molecule has 0 heterocycles. The fourth-order valence-corrected chi connectivity index (χ4v) is 0.938. The molecule has 0 aliphatic heterocycles. The second-order valence-corrected chi connectivity index (χ2v) is 3.81. The standard InChI is InChI=1S/C9H16N2O4/c1-9(2,8(15)10-3)5-11-6(12)4-7(13)14/h4-5H2,1-3H3,(H,10,15)(H,11,12)(H,13,14). The first-order valence-electron chi connectivity index (χ1n) is 4.50. The number of hydrogen-bond donors (Lipinski definition) is 3. The van der Waals surface area contributed by atoms with E-state index >= 15 is 0 Å². The van der Waals surface area contributed by atoms with Crippen LogP contribution in [0.15, 0.2) is 0 Å². The molecule has 0 rings (SSSR count). The predicted octanol–water partition coefficient (Wildman–Crippen LogP) is -0.650. The van der Waals surface area contributed by atoms with Crippen molar-refractivity contribution in [2.45, 2.75) is 20.3 Å². The molecule has 86 valence electrons. The van der Waals surface area contributed by atoms with Gasteiger partial charge >= 0.3 is 5.97 Å². The van der Waals surface area contributed by atoms with Crippen LogP contribution in [0.4, 0.5) is 0 Å². The number of rotatable bonds is 5. The van der Waals surface area contributed by atoms with E-state index in [1.165, 1.54) is 7.05 Å². The quantitative estimate of drug-likeness (QED) is 0.532. The zero-order valence-corrected chi connectivity index (χ0v) is 9.09. The summed E-state index contributed by atoms with van der Waals surface area (Å²) in [5.41, 5.74) is -0.747. The van der Waals surface area contributed by atoms with Crippen LogP contribution < -0.4 is 10.6 Å². The summed E-state index contributed by atoms with van der Waals surface area (Å²) >= 11 is 0. The Bertz CT molecular complexity index is 273. The minimum atomic E-state index is -1.19. The zero-order valence-electron chi connectivity index (χ0n) is 9.09. The molecule has 0 aromatic carbocycles. The third-order valence-corrected chi connectivity index (χ3v) is 1.88. The van der Waals surface area contributed by atoms with Crippen molar-refractivity contribution in [3.63, 3.8) is 0 Å². The summed E-state index contributed by atoms with van der Waals surface area (Å²) in [5.74, 6) is -2.00. The summed E-state index contributed by atoms with van der Waals surface area (Å²) in [6.07, 6.45) is -0.580. The van der Waals surface area contributed by atoms with E-state index in [2.05, 4.69) is 10.6 Å². The average molecular weight is 216 g/mol. The van der Waals surface area contributed by atoms with Gasteiger partial charge in [0.2, 0.25) is 11.8 Å². The van der Waals surface area contributed by atoms with E-state index in [1.807, 2.05) is 0 Å². The molecule has 0 aliphatic rings. The summed E-state index contributed by atoms with van der Waals surface area (Å²) in [4.78, 5) is 32.5. The molecule has 6 heteroatoms. The second-order valence-electron chi connectivity index (χ2n) is 3.81. The second kappa shape index (κ2) is 5.33. The highest BCUT2D eigenvalue weighted by atomic mass is 16.4. The fourth-order valence-electron chi connectivity index (χ4n) is 0.938. The van der Waals surface area contributed by atoms with E-state index in [0.717, 1.165) is 0 Å². The van der Waals surface area contributed by atoms with Crippen molar-refractivity contribution in [1.82, 2.24) is 10.6 Å². The first-order valence-corrected chi connectivity index (χ1v) is 4.50. The van der Waals surface area contributed by atoms with Gasteiger partial charge < -0.3 is 15.7 Å². The Hall–Kier alpha value is -1.59. The number of carboxylic acid groups (broad SMARTS) is 1. The average Bonchev–Trinajstić information content (AvgIpc) is 2.12. The number of amides is 2. The van der Waals surface area contributed by atoms with Crippen LogP contribution in [0.5, 0.6) is 0 Å². The molecule has 2 amide bonds. The van der Waals surface area contributed by atoms with E-state index in [9.17, 15) is 14.4 Å². The van der Waals surface area contributed by atoms with Crippen molar-refractivity contribution >= 4 is 17.8 Å². The van der Waals surface area contributed by atoms with Crippen LogP contribution in [-0.4, -0.2) is 36.5 Å². The summed E-state index contributed by atoms with van der Waals surface area (Å²) in [7, 11) is 1.50.